The molecule has 2 aromatic rings. The highest BCUT2D eigenvalue weighted by atomic mass is 15.3. The molecule has 2 aromatic heterocycles. The van der Waals surface area contributed by atoms with E-state index in [2.05, 4.69) is 39.2 Å². The molecule has 0 spiro atoms. The van der Waals surface area contributed by atoms with Crippen LogP contribution in [-0.4, -0.2) is 39.8 Å². The smallest absolute Gasteiger partial charge is 0.226 e. The van der Waals surface area contributed by atoms with Crippen LogP contribution in [0.4, 0.5) is 11.8 Å². The molecule has 1 saturated heterocycles. The van der Waals surface area contributed by atoms with Crippen molar-refractivity contribution in [3.05, 3.63) is 6.20 Å². The Morgan fingerprint density at radius 1 is 1.40 bits per heavy atom. The number of fused-ring (bicyclic) bond motifs is 1. The van der Waals surface area contributed by atoms with Gasteiger partial charge in [-0.15, -0.1) is 0 Å². The van der Waals surface area contributed by atoms with Crippen molar-refractivity contribution in [2.45, 2.75) is 33.1 Å². The lowest BCUT2D eigenvalue weighted by Gasteiger charge is -2.18. The number of nitrogens with one attached hydrogen (secondary N) is 2. The molecule has 1 aliphatic heterocycles. The fraction of sp³-hybridized carbons (Fsp3) is 0.643. The molecule has 0 radical (unpaired) electrons. The van der Waals surface area contributed by atoms with E-state index < -0.39 is 0 Å². The number of nitrogens with zero attached hydrogens (tertiary/aromatic N) is 4. The Labute approximate surface area is 119 Å². The lowest BCUT2D eigenvalue weighted by atomic mass is 10.1. The van der Waals surface area contributed by atoms with Gasteiger partial charge in [-0.05, 0) is 18.8 Å². The van der Waals surface area contributed by atoms with Crippen LogP contribution in [-0.2, 0) is 0 Å². The van der Waals surface area contributed by atoms with Gasteiger partial charge in [-0.3, -0.25) is 5.10 Å². The Hall–Kier alpha value is -1.85. The number of aromatic nitrogens is 4. The highest BCUT2D eigenvalue weighted by molar-refractivity contribution is 5.87. The first-order chi connectivity index (χ1) is 9.81. The zero-order chi connectivity index (χ0) is 13.9. The van der Waals surface area contributed by atoms with Gasteiger partial charge in [-0.2, -0.15) is 15.1 Å². The summed E-state index contributed by atoms with van der Waals surface area (Å²) in [5, 5.41) is 11.4. The summed E-state index contributed by atoms with van der Waals surface area (Å²) < 4.78 is 0. The van der Waals surface area contributed by atoms with E-state index in [1.165, 1.54) is 12.8 Å². The summed E-state index contributed by atoms with van der Waals surface area (Å²) in [6.07, 6.45) is 5.36. The van der Waals surface area contributed by atoms with Crippen LogP contribution in [0.1, 0.15) is 33.1 Å². The fourth-order valence-electron chi connectivity index (χ4n) is 2.73. The number of anilines is 2. The molecule has 108 valence electrons. The van der Waals surface area contributed by atoms with E-state index in [0.717, 1.165) is 48.8 Å². The third-order valence-electron chi connectivity index (χ3n) is 3.99. The normalized spacial score (nSPS) is 18.9. The van der Waals surface area contributed by atoms with Crippen molar-refractivity contribution >= 4 is 22.8 Å². The first-order valence-corrected chi connectivity index (χ1v) is 7.51. The Kier molecular flexibility index (Phi) is 3.71. The van der Waals surface area contributed by atoms with Crippen molar-refractivity contribution < 1.29 is 0 Å². The highest BCUT2D eigenvalue weighted by Gasteiger charge is 2.24. The second-order valence-electron chi connectivity index (χ2n) is 5.44. The van der Waals surface area contributed by atoms with Gasteiger partial charge in [0.1, 0.15) is 5.82 Å². The number of hydrogen-bond acceptors (Lipinski definition) is 5. The topological polar surface area (TPSA) is 69.7 Å². The quantitative estimate of drug-likeness (QED) is 0.876. The molecule has 6 heteroatoms. The second-order valence-corrected chi connectivity index (χ2v) is 5.44. The van der Waals surface area contributed by atoms with Crippen molar-refractivity contribution in [1.29, 1.82) is 0 Å². The first-order valence-electron chi connectivity index (χ1n) is 7.51. The molecule has 2 N–H and O–H groups in total. The van der Waals surface area contributed by atoms with Gasteiger partial charge in [0, 0.05) is 19.6 Å². The molecule has 1 aliphatic rings. The standard InChI is InChI=1S/C14H22N6/c1-3-6-15-14-17-12-11(8-16-19-12)13(18-14)20-7-5-10(4-2)9-20/h8,10H,3-7,9H2,1-2H3,(H2,15,16,17,18,19). The molecular weight excluding hydrogens is 252 g/mol. The molecule has 20 heavy (non-hydrogen) atoms. The molecule has 3 rings (SSSR count). The maximum absolute atomic E-state index is 4.71. The predicted octanol–water partition coefficient (Wildman–Crippen LogP) is 2.41. The van der Waals surface area contributed by atoms with Gasteiger partial charge in [-0.25, -0.2) is 0 Å². The van der Waals surface area contributed by atoms with Crippen molar-refractivity contribution in [3.63, 3.8) is 0 Å². The summed E-state index contributed by atoms with van der Waals surface area (Å²) in [6, 6.07) is 0. The summed E-state index contributed by atoms with van der Waals surface area (Å²) >= 11 is 0. The zero-order valence-corrected chi connectivity index (χ0v) is 12.2. The number of aromatic amines is 1. The third-order valence-corrected chi connectivity index (χ3v) is 3.99. The van der Waals surface area contributed by atoms with Crippen LogP contribution in [0.5, 0.6) is 0 Å². The SMILES string of the molecule is CCCNc1nc(N2CCC(CC)C2)c2cn[nH]c2n1. The van der Waals surface area contributed by atoms with Crippen LogP contribution in [0.25, 0.3) is 11.0 Å². The lowest BCUT2D eigenvalue weighted by Crippen LogP contribution is -2.21. The Bertz CT molecular complexity index is 578. The molecule has 1 fully saturated rings. The molecule has 1 atom stereocenters. The average Bonchev–Trinajstić information content (AvgIpc) is 3.12. The Morgan fingerprint density at radius 3 is 3.05 bits per heavy atom. The van der Waals surface area contributed by atoms with Crippen LogP contribution >= 0.6 is 0 Å². The van der Waals surface area contributed by atoms with Crippen molar-refractivity contribution in [3.8, 4) is 0 Å². The largest absolute Gasteiger partial charge is 0.356 e. The van der Waals surface area contributed by atoms with Crippen LogP contribution < -0.4 is 10.2 Å². The van der Waals surface area contributed by atoms with E-state index in [1.807, 2.05) is 6.20 Å². The van der Waals surface area contributed by atoms with Gasteiger partial charge in [0.25, 0.3) is 0 Å². The van der Waals surface area contributed by atoms with Crippen molar-refractivity contribution in [2.75, 3.05) is 29.9 Å². The average molecular weight is 274 g/mol. The second kappa shape index (κ2) is 5.64. The van der Waals surface area contributed by atoms with E-state index in [9.17, 15) is 0 Å². The maximum atomic E-state index is 4.71. The molecule has 0 aromatic carbocycles. The van der Waals surface area contributed by atoms with Crippen LogP contribution in [0.2, 0.25) is 0 Å². The van der Waals surface area contributed by atoms with Crippen LogP contribution in [0.15, 0.2) is 6.20 Å². The summed E-state index contributed by atoms with van der Waals surface area (Å²) in [7, 11) is 0. The van der Waals surface area contributed by atoms with Crippen molar-refractivity contribution in [1.82, 2.24) is 20.2 Å². The molecule has 0 bridgehead atoms. The summed E-state index contributed by atoms with van der Waals surface area (Å²) in [6.45, 7) is 7.44. The van der Waals surface area contributed by atoms with Crippen molar-refractivity contribution in [2.24, 2.45) is 5.92 Å². The minimum Gasteiger partial charge on any atom is -0.356 e. The van der Waals surface area contributed by atoms with Gasteiger partial charge >= 0.3 is 0 Å². The number of H-pyrrole nitrogens is 1. The minimum atomic E-state index is 0.693. The van der Waals surface area contributed by atoms with Gasteiger partial charge < -0.3 is 10.2 Å². The van der Waals surface area contributed by atoms with Crippen LogP contribution in [0, 0.1) is 5.92 Å². The number of hydrogen-bond donors (Lipinski definition) is 2. The van der Waals surface area contributed by atoms with Gasteiger partial charge in [0.15, 0.2) is 5.65 Å². The molecule has 0 amide bonds. The highest BCUT2D eigenvalue weighted by Crippen LogP contribution is 2.29. The van der Waals surface area contributed by atoms with Gasteiger partial charge in [0.2, 0.25) is 5.95 Å². The third kappa shape index (κ3) is 2.42. The van der Waals surface area contributed by atoms with Gasteiger partial charge in [-0.1, -0.05) is 20.3 Å². The monoisotopic (exact) mass is 274 g/mol. The first kappa shape index (κ1) is 13.1. The van der Waals surface area contributed by atoms with Crippen LogP contribution in [0.3, 0.4) is 0 Å². The predicted molar refractivity (Wildman–Crippen MR) is 81.1 cm³/mol. The molecule has 0 aliphatic carbocycles. The van der Waals surface area contributed by atoms with E-state index >= 15 is 0 Å². The van der Waals surface area contributed by atoms with Gasteiger partial charge in [0.05, 0.1) is 11.6 Å². The molecular formula is C14H22N6. The minimum absolute atomic E-state index is 0.693. The molecule has 1 unspecified atom stereocenters. The van der Waals surface area contributed by atoms with E-state index in [1.54, 1.807) is 0 Å². The molecule has 6 nitrogen and oxygen atoms in total. The fourth-order valence-corrected chi connectivity index (χ4v) is 2.73. The van der Waals surface area contributed by atoms with E-state index in [4.69, 9.17) is 4.98 Å². The van der Waals surface area contributed by atoms with E-state index in [-0.39, 0.29) is 0 Å². The number of rotatable bonds is 5. The molecule has 3 heterocycles. The Morgan fingerprint density at radius 2 is 2.30 bits per heavy atom. The molecule has 0 saturated carbocycles. The lowest BCUT2D eigenvalue weighted by molar-refractivity contribution is 0.569. The summed E-state index contributed by atoms with van der Waals surface area (Å²) in [4.78, 5) is 11.5. The maximum Gasteiger partial charge on any atom is 0.226 e. The Balaban J connectivity index is 1.93. The zero-order valence-electron chi connectivity index (χ0n) is 12.2. The van der Waals surface area contributed by atoms with E-state index in [0.29, 0.717) is 5.95 Å². The summed E-state index contributed by atoms with van der Waals surface area (Å²) in [5.41, 5.74) is 0.813. The summed E-state index contributed by atoms with van der Waals surface area (Å²) in [5.74, 6) is 2.48.